The van der Waals surface area contributed by atoms with E-state index < -0.39 is 6.17 Å². The lowest BCUT2D eigenvalue weighted by molar-refractivity contribution is 0.361. The maximum Gasteiger partial charge on any atom is 0.146 e. The summed E-state index contributed by atoms with van der Waals surface area (Å²) >= 11 is 0. The fraction of sp³-hybridized carbons (Fsp3) is 0.600. The van der Waals surface area contributed by atoms with E-state index in [2.05, 4.69) is 10.6 Å². The van der Waals surface area contributed by atoms with Crippen molar-refractivity contribution < 1.29 is 8.78 Å². The number of anilines is 1. The molecular formula is C15H22F2N2. The normalized spacial score (nSPS) is 18.3. The van der Waals surface area contributed by atoms with Crippen molar-refractivity contribution in [2.24, 2.45) is 5.92 Å². The molecule has 2 N–H and O–H groups in total. The zero-order valence-electron chi connectivity index (χ0n) is 11.4. The molecule has 0 saturated carbocycles. The number of halogens is 2. The molecule has 0 aliphatic carbocycles. The van der Waals surface area contributed by atoms with E-state index in [4.69, 9.17) is 0 Å². The van der Waals surface area contributed by atoms with Crippen LogP contribution in [0.4, 0.5) is 14.5 Å². The Bertz CT molecular complexity index is 401. The number of hydrogen-bond acceptors (Lipinski definition) is 2. The van der Waals surface area contributed by atoms with E-state index in [0.717, 1.165) is 32.0 Å². The Labute approximate surface area is 113 Å². The molecule has 1 fully saturated rings. The van der Waals surface area contributed by atoms with E-state index in [1.165, 1.54) is 25.8 Å². The van der Waals surface area contributed by atoms with E-state index in [9.17, 15) is 8.78 Å². The van der Waals surface area contributed by atoms with Crippen LogP contribution in [0.3, 0.4) is 0 Å². The van der Waals surface area contributed by atoms with Gasteiger partial charge in [0.2, 0.25) is 0 Å². The Balaban J connectivity index is 1.82. The van der Waals surface area contributed by atoms with Crippen molar-refractivity contribution in [3.63, 3.8) is 0 Å². The van der Waals surface area contributed by atoms with Crippen LogP contribution in [-0.4, -0.2) is 19.6 Å². The van der Waals surface area contributed by atoms with Gasteiger partial charge in [0.25, 0.3) is 0 Å². The van der Waals surface area contributed by atoms with E-state index >= 15 is 0 Å². The van der Waals surface area contributed by atoms with Crippen molar-refractivity contribution in [1.29, 1.82) is 0 Å². The number of piperidine rings is 1. The molecule has 1 aromatic rings. The Morgan fingerprint density at radius 3 is 2.74 bits per heavy atom. The molecule has 0 aromatic heterocycles. The number of nitrogens with one attached hydrogen (secondary N) is 2. The van der Waals surface area contributed by atoms with Gasteiger partial charge in [0.05, 0.1) is 5.69 Å². The van der Waals surface area contributed by atoms with Gasteiger partial charge in [-0.25, -0.2) is 8.78 Å². The molecule has 4 heteroatoms. The third kappa shape index (κ3) is 4.16. The molecule has 0 amide bonds. The summed E-state index contributed by atoms with van der Waals surface area (Å²) in [5, 5.41) is 6.44. The third-order valence-corrected chi connectivity index (χ3v) is 3.78. The van der Waals surface area contributed by atoms with Gasteiger partial charge in [-0.3, -0.25) is 0 Å². The summed E-state index contributed by atoms with van der Waals surface area (Å²) < 4.78 is 26.8. The van der Waals surface area contributed by atoms with E-state index in [1.54, 1.807) is 12.1 Å². The largest absolute Gasteiger partial charge is 0.383 e. The molecule has 0 radical (unpaired) electrons. The highest BCUT2D eigenvalue weighted by Gasteiger charge is 2.13. The highest BCUT2D eigenvalue weighted by Crippen LogP contribution is 2.23. The van der Waals surface area contributed by atoms with Gasteiger partial charge in [-0.1, -0.05) is 6.07 Å². The maximum absolute atomic E-state index is 13.7. The smallest absolute Gasteiger partial charge is 0.146 e. The molecule has 1 atom stereocenters. The molecular weight excluding hydrogens is 246 g/mol. The Hall–Kier alpha value is -1.16. The summed E-state index contributed by atoms with van der Waals surface area (Å²) in [6.45, 7) is 4.36. The van der Waals surface area contributed by atoms with E-state index in [0.29, 0.717) is 11.3 Å². The minimum atomic E-state index is -1.13. The van der Waals surface area contributed by atoms with Gasteiger partial charge in [0.15, 0.2) is 0 Å². The molecule has 0 bridgehead atoms. The summed E-state index contributed by atoms with van der Waals surface area (Å²) in [5.74, 6) is 0.356. The first-order chi connectivity index (χ1) is 9.16. The molecule has 19 heavy (non-hydrogen) atoms. The average Bonchev–Trinajstić information content (AvgIpc) is 2.41. The minimum Gasteiger partial charge on any atom is -0.383 e. The first-order valence-corrected chi connectivity index (χ1v) is 7.05. The van der Waals surface area contributed by atoms with Gasteiger partial charge in [0, 0.05) is 6.54 Å². The molecule has 1 saturated heterocycles. The Morgan fingerprint density at radius 2 is 2.11 bits per heavy atom. The maximum atomic E-state index is 13.7. The summed E-state index contributed by atoms with van der Waals surface area (Å²) in [5.41, 5.74) is 0.861. The minimum absolute atomic E-state index is 0.368. The molecule has 1 aliphatic rings. The fourth-order valence-corrected chi connectivity index (χ4v) is 2.50. The SMILES string of the molecule is CC(F)c1ccc(NCCC2CCNCC2)c(F)c1. The zero-order chi connectivity index (χ0) is 13.7. The van der Waals surface area contributed by atoms with Crippen LogP contribution in [0.25, 0.3) is 0 Å². The van der Waals surface area contributed by atoms with Crippen LogP contribution in [0.5, 0.6) is 0 Å². The molecule has 106 valence electrons. The topological polar surface area (TPSA) is 24.1 Å². The van der Waals surface area contributed by atoms with E-state index in [-0.39, 0.29) is 5.82 Å². The fourth-order valence-electron chi connectivity index (χ4n) is 2.50. The zero-order valence-corrected chi connectivity index (χ0v) is 11.4. The summed E-state index contributed by atoms with van der Waals surface area (Å²) in [4.78, 5) is 0. The highest BCUT2D eigenvalue weighted by atomic mass is 19.1. The lowest BCUT2D eigenvalue weighted by Gasteiger charge is -2.22. The molecule has 1 aliphatic heterocycles. The molecule has 0 spiro atoms. The quantitative estimate of drug-likeness (QED) is 0.851. The van der Waals surface area contributed by atoms with Gasteiger partial charge < -0.3 is 10.6 Å². The second-order valence-corrected chi connectivity index (χ2v) is 5.26. The van der Waals surface area contributed by atoms with Gasteiger partial charge in [0.1, 0.15) is 12.0 Å². The predicted octanol–water partition coefficient (Wildman–Crippen LogP) is 3.66. The number of rotatable bonds is 5. The molecule has 1 unspecified atom stereocenters. The summed E-state index contributed by atoms with van der Waals surface area (Å²) in [7, 11) is 0. The molecule has 1 aromatic carbocycles. The lowest BCUT2D eigenvalue weighted by atomic mass is 9.95. The third-order valence-electron chi connectivity index (χ3n) is 3.78. The van der Waals surface area contributed by atoms with Gasteiger partial charge >= 0.3 is 0 Å². The van der Waals surface area contributed by atoms with Crippen LogP contribution in [0.2, 0.25) is 0 Å². The van der Waals surface area contributed by atoms with Crippen molar-refractivity contribution in [2.75, 3.05) is 25.0 Å². The number of alkyl halides is 1. The summed E-state index contributed by atoms with van der Waals surface area (Å²) in [6.07, 6.45) is 2.33. The van der Waals surface area contributed by atoms with Crippen LogP contribution >= 0.6 is 0 Å². The van der Waals surface area contributed by atoms with E-state index in [1.807, 2.05) is 0 Å². The van der Waals surface area contributed by atoms with Crippen molar-refractivity contribution in [3.8, 4) is 0 Å². The van der Waals surface area contributed by atoms with Crippen LogP contribution in [0, 0.1) is 11.7 Å². The Kier molecular flexibility index (Phi) is 5.14. The van der Waals surface area contributed by atoms with Crippen molar-refractivity contribution in [2.45, 2.75) is 32.4 Å². The van der Waals surface area contributed by atoms with Gasteiger partial charge in [-0.15, -0.1) is 0 Å². The number of benzene rings is 1. The lowest BCUT2D eigenvalue weighted by Crippen LogP contribution is -2.28. The van der Waals surface area contributed by atoms with Crippen molar-refractivity contribution in [3.05, 3.63) is 29.6 Å². The molecule has 1 heterocycles. The van der Waals surface area contributed by atoms with Crippen molar-refractivity contribution in [1.82, 2.24) is 5.32 Å². The standard InChI is InChI=1S/C15H22F2N2/c1-11(16)13-2-3-15(14(17)10-13)19-9-6-12-4-7-18-8-5-12/h2-3,10-12,18-19H,4-9H2,1H3. The predicted molar refractivity (Wildman–Crippen MR) is 74.6 cm³/mol. The van der Waals surface area contributed by atoms with Crippen LogP contribution < -0.4 is 10.6 Å². The molecule has 2 rings (SSSR count). The van der Waals surface area contributed by atoms with Crippen molar-refractivity contribution >= 4 is 5.69 Å². The first-order valence-electron chi connectivity index (χ1n) is 7.05. The highest BCUT2D eigenvalue weighted by molar-refractivity contribution is 5.46. The Morgan fingerprint density at radius 1 is 1.37 bits per heavy atom. The second kappa shape index (κ2) is 6.85. The van der Waals surface area contributed by atoms with Crippen LogP contribution in [0.1, 0.15) is 37.9 Å². The monoisotopic (exact) mass is 268 g/mol. The van der Waals surface area contributed by atoms with Crippen LogP contribution in [0.15, 0.2) is 18.2 Å². The summed E-state index contributed by atoms with van der Waals surface area (Å²) in [6, 6.07) is 4.54. The molecule has 2 nitrogen and oxygen atoms in total. The van der Waals surface area contributed by atoms with Gasteiger partial charge in [-0.2, -0.15) is 0 Å². The van der Waals surface area contributed by atoms with Crippen LogP contribution in [-0.2, 0) is 0 Å². The number of hydrogen-bond donors (Lipinski definition) is 2. The first kappa shape index (κ1) is 14.3. The van der Waals surface area contributed by atoms with Gasteiger partial charge in [-0.05, 0) is 62.9 Å². The average molecular weight is 268 g/mol. The second-order valence-electron chi connectivity index (χ2n) is 5.26.